The fourth-order valence-electron chi connectivity index (χ4n) is 3.00. The molecule has 0 spiro atoms. The number of pyridine rings is 1. The van der Waals surface area contributed by atoms with Crippen LogP contribution < -0.4 is 11.2 Å². The third-order valence-electron chi connectivity index (χ3n) is 4.12. The van der Waals surface area contributed by atoms with E-state index in [0.29, 0.717) is 16.5 Å². The van der Waals surface area contributed by atoms with E-state index in [1.807, 2.05) is 0 Å². The molecule has 0 aliphatic heterocycles. The minimum absolute atomic E-state index is 0.0492. The molecule has 0 bridgehead atoms. The molecule has 0 aliphatic rings. The number of nitrogens with zero attached hydrogens (tertiary/aromatic N) is 2. The molecule has 0 unspecified atom stereocenters. The van der Waals surface area contributed by atoms with Crippen molar-refractivity contribution >= 4 is 27.4 Å². The zero-order valence-electron chi connectivity index (χ0n) is 13.7. The molecule has 2 N–H and O–H groups in total. The van der Waals surface area contributed by atoms with Gasteiger partial charge in [-0.05, 0) is 23.8 Å². The summed E-state index contributed by atoms with van der Waals surface area (Å²) in [7, 11) is 0. The number of anilines is 1. The summed E-state index contributed by atoms with van der Waals surface area (Å²) in [5.74, 6) is -2.15. The fourth-order valence-corrected chi connectivity index (χ4v) is 3.69. The van der Waals surface area contributed by atoms with E-state index in [4.69, 9.17) is 5.73 Å². The second kappa shape index (κ2) is 6.55. The topological polar surface area (TPSA) is 60.9 Å². The number of rotatable bonds is 3. The van der Waals surface area contributed by atoms with E-state index in [2.05, 4.69) is 4.98 Å². The minimum Gasteiger partial charge on any atom is -0.375 e. The summed E-state index contributed by atoms with van der Waals surface area (Å²) in [6.45, 7) is 0.0956. The van der Waals surface area contributed by atoms with Gasteiger partial charge in [0, 0.05) is 25.0 Å². The van der Waals surface area contributed by atoms with Gasteiger partial charge in [0.15, 0.2) is 16.4 Å². The normalized spacial score (nSPS) is 11.2. The number of nitrogen functional groups attached to an aromatic ring is 1. The average molecular weight is 387 g/mol. The van der Waals surface area contributed by atoms with Crippen LogP contribution >= 0.6 is 11.3 Å². The highest BCUT2D eigenvalue weighted by Crippen LogP contribution is 2.28. The first kappa shape index (κ1) is 17.3. The van der Waals surface area contributed by atoms with E-state index in [9.17, 15) is 18.0 Å². The maximum absolute atomic E-state index is 14.5. The van der Waals surface area contributed by atoms with E-state index >= 15 is 0 Å². The van der Waals surface area contributed by atoms with Gasteiger partial charge in [-0.3, -0.25) is 4.79 Å². The molecular weight excluding hydrogens is 375 g/mol. The van der Waals surface area contributed by atoms with Crippen LogP contribution in [0.2, 0.25) is 0 Å². The number of aromatic nitrogens is 2. The molecule has 0 radical (unpaired) electrons. The zero-order chi connectivity index (χ0) is 19.1. The molecule has 0 amide bonds. The summed E-state index contributed by atoms with van der Waals surface area (Å²) in [5, 5.41) is 0.167. The summed E-state index contributed by atoms with van der Waals surface area (Å²) in [6.07, 6.45) is 2.90. The molecule has 2 aromatic heterocycles. The van der Waals surface area contributed by atoms with Gasteiger partial charge in [-0.1, -0.05) is 23.5 Å². The Labute approximate surface area is 155 Å². The van der Waals surface area contributed by atoms with Crippen LogP contribution in [0.3, 0.4) is 0 Å². The maximum atomic E-state index is 14.5. The van der Waals surface area contributed by atoms with Gasteiger partial charge in [-0.2, -0.15) is 0 Å². The molecule has 4 aromatic rings. The second-order valence-electron chi connectivity index (χ2n) is 5.98. The number of fused-ring (bicyclic) bond motifs is 1. The molecule has 0 saturated heterocycles. The van der Waals surface area contributed by atoms with Crippen molar-refractivity contribution in [2.24, 2.45) is 0 Å². The van der Waals surface area contributed by atoms with Crippen molar-refractivity contribution in [1.29, 1.82) is 0 Å². The van der Waals surface area contributed by atoms with Gasteiger partial charge in [0.2, 0.25) is 0 Å². The standard InChI is InChI=1S/C19H12F3N3OS/c20-11-3-1-2-10(4-11)8-25-9-14(16-7-24-19(23)27-16)18(26)13-5-12(21)6-15(22)17(13)25/h1-7,9H,8H2,(H2,23,24). The van der Waals surface area contributed by atoms with Gasteiger partial charge in [0.25, 0.3) is 0 Å². The van der Waals surface area contributed by atoms with E-state index in [1.165, 1.54) is 35.2 Å². The van der Waals surface area contributed by atoms with E-state index < -0.39 is 22.9 Å². The first-order chi connectivity index (χ1) is 12.9. The van der Waals surface area contributed by atoms with Crippen molar-refractivity contribution < 1.29 is 13.2 Å². The lowest BCUT2D eigenvalue weighted by molar-refractivity contribution is 0.585. The van der Waals surface area contributed by atoms with Gasteiger partial charge >= 0.3 is 0 Å². The van der Waals surface area contributed by atoms with Gasteiger partial charge in [0.05, 0.1) is 21.3 Å². The lowest BCUT2D eigenvalue weighted by atomic mass is 10.1. The SMILES string of the molecule is Nc1ncc(-c2cn(Cc3cccc(F)c3)c3c(F)cc(F)cc3c2=O)s1. The molecule has 0 saturated carbocycles. The zero-order valence-corrected chi connectivity index (χ0v) is 14.6. The quantitative estimate of drug-likeness (QED) is 0.574. The van der Waals surface area contributed by atoms with Crippen LogP contribution in [0.25, 0.3) is 21.3 Å². The molecule has 2 aromatic carbocycles. The largest absolute Gasteiger partial charge is 0.375 e. The lowest BCUT2D eigenvalue weighted by Gasteiger charge is -2.14. The molecule has 2 heterocycles. The summed E-state index contributed by atoms with van der Waals surface area (Å²) in [6, 6.07) is 7.55. The van der Waals surface area contributed by atoms with Crippen LogP contribution in [0, 0.1) is 17.5 Å². The van der Waals surface area contributed by atoms with Crippen molar-refractivity contribution in [1.82, 2.24) is 9.55 Å². The van der Waals surface area contributed by atoms with Gasteiger partial charge in [-0.25, -0.2) is 18.2 Å². The Hall–Kier alpha value is -3.13. The molecular formula is C19H12F3N3OS. The molecule has 4 nitrogen and oxygen atoms in total. The fraction of sp³-hybridized carbons (Fsp3) is 0.0526. The van der Waals surface area contributed by atoms with Crippen LogP contribution in [-0.2, 0) is 6.54 Å². The maximum Gasteiger partial charge on any atom is 0.198 e. The minimum atomic E-state index is -0.867. The molecule has 8 heteroatoms. The number of hydrogen-bond acceptors (Lipinski definition) is 4. The Morgan fingerprint density at radius 2 is 1.93 bits per heavy atom. The molecule has 0 fully saturated rings. The first-order valence-corrected chi connectivity index (χ1v) is 8.72. The van der Waals surface area contributed by atoms with E-state index in [0.717, 1.165) is 17.4 Å². The van der Waals surface area contributed by atoms with Gasteiger partial charge < -0.3 is 10.3 Å². The van der Waals surface area contributed by atoms with Crippen LogP contribution in [0.4, 0.5) is 18.3 Å². The average Bonchev–Trinajstić information content (AvgIpc) is 3.03. The van der Waals surface area contributed by atoms with Gasteiger partial charge in [0.1, 0.15) is 11.6 Å². The van der Waals surface area contributed by atoms with Crippen LogP contribution in [0.5, 0.6) is 0 Å². The molecule has 0 atom stereocenters. The highest BCUT2D eigenvalue weighted by molar-refractivity contribution is 7.18. The predicted octanol–water partition coefficient (Wildman–Crippen LogP) is 4.17. The van der Waals surface area contributed by atoms with Crippen molar-refractivity contribution in [3.63, 3.8) is 0 Å². The van der Waals surface area contributed by atoms with Crippen LogP contribution in [0.15, 0.2) is 53.6 Å². The molecule has 27 heavy (non-hydrogen) atoms. The number of nitrogens with two attached hydrogens (primary N) is 1. The van der Waals surface area contributed by atoms with Crippen LogP contribution in [0.1, 0.15) is 5.56 Å². The monoisotopic (exact) mass is 387 g/mol. The number of benzene rings is 2. The van der Waals surface area contributed by atoms with Crippen molar-refractivity contribution in [2.75, 3.05) is 5.73 Å². The molecule has 0 aliphatic carbocycles. The Morgan fingerprint density at radius 1 is 1.11 bits per heavy atom. The second-order valence-corrected chi connectivity index (χ2v) is 7.04. The van der Waals surface area contributed by atoms with E-state index in [1.54, 1.807) is 6.07 Å². The molecule has 4 rings (SSSR count). The third-order valence-corrected chi connectivity index (χ3v) is 4.98. The highest BCUT2D eigenvalue weighted by Gasteiger charge is 2.17. The summed E-state index contributed by atoms with van der Waals surface area (Å²) in [4.78, 5) is 17.2. The Balaban J connectivity index is 2.01. The Kier molecular flexibility index (Phi) is 4.19. The number of halogens is 3. The van der Waals surface area contributed by atoms with E-state index in [-0.39, 0.29) is 28.1 Å². The van der Waals surface area contributed by atoms with Crippen molar-refractivity contribution in [2.45, 2.75) is 6.54 Å². The summed E-state index contributed by atoms with van der Waals surface area (Å²) < 4.78 is 43.3. The third kappa shape index (κ3) is 3.19. The lowest BCUT2D eigenvalue weighted by Crippen LogP contribution is -2.14. The van der Waals surface area contributed by atoms with Gasteiger partial charge in [-0.15, -0.1) is 0 Å². The van der Waals surface area contributed by atoms with Crippen LogP contribution in [-0.4, -0.2) is 9.55 Å². The number of hydrogen-bond donors (Lipinski definition) is 1. The summed E-state index contributed by atoms with van der Waals surface area (Å²) in [5.41, 5.74) is 5.86. The Morgan fingerprint density at radius 3 is 2.63 bits per heavy atom. The molecule has 136 valence electrons. The smallest absolute Gasteiger partial charge is 0.198 e. The van der Waals surface area contributed by atoms with Crippen molar-refractivity contribution in [3.8, 4) is 10.4 Å². The summed E-state index contributed by atoms with van der Waals surface area (Å²) >= 11 is 1.10. The predicted molar refractivity (Wildman–Crippen MR) is 99.1 cm³/mol. The highest BCUT2D eigenvalue weighted by atomic mass is 32.1. The Bertz CT molecular complexity index is 1230. The number of thiazole rings is 1. The van der Waals surface area contributed by atoms with Crippen molar-refractivity contribution in [3.05, 3.63) is 82.0 Å². The first-order valence-electron chi connectivity index (χ1n) is 7.90.